The van der Waals surface area contributed by atoms with E-state index in [1.54, 1.807) is 13.0 Å². The number of hydrogen-bond donors (Lipinski definition) is 2. The minimum atomic E-state index is -0.885. The zero-order valence-corrected chi connectivity index (χ0v) is 13.0. The Bertz CT molecular complexity index is 515. The van der Waals surface area contributed by atoms with Crippen LogP contribution in [-0.2, 0) is 11.2 Å². The molecule has 1 unspecified atom stereocenters. The van der Waals surface area contributed by atoms with Crippen molar-refractivity contribution < 1.29 is 14.7 Å². The topological polar surface area (TPSA) is 92.2 Å². The molecule has 21 heavy (non-hydrogen) atoms. The highest BCUT2D eigenvalue weighted by atomic mass is 16.4. The number of amides is 1. The Kier molecular flexibility index (Phi) is 6.27. The van der Waals surface area contributed by atoms with Gasteiger partial charge in [-0.15, -0.1) is 0 Å². The highest BCUT2D eigenvalue weighted by Gasteiger charge is 2.21. The maximum absolute atomic E-state index is 12.2. The summed E-state index contributed by atoms with van der Waals surface area (Å²) in [6.07, 6.45) is 1.13. The Morgan fingerprint density at radius 3 is 2.52 bits per heavy atom. The van der Waals surface area contributed by atoms with E-state index in [0.717, 1.165) is 0 Å². The average Bonchev–Trinajstić information content (AvgIpc) is 2.42. The van der Waals surface area contributed by atoms with Gasteiger partial charge in [0.2, 0.25) is 0 Å². The normalized spacial score (nSPS) is 12.2. The number of rotatable bonds is 7. The van der Waals surface area contributed by atoms with Crippen molar-refractivity contribution >= 4 is 11.9 Å². The smallest absolute Gasteiger partial charge is 0.308 e. The van der Waals surface area contributed by atoms with Crippen molar-refractivity contribution in [2.45, 2.75) is 40.5 Å². The molecule has 0 saturated heterocycles. The molecule has 1 atom stereocenters. The van der Waals surface area contributed by atoms with Gasteiger partial charge in [0, 0.05) is 6.54 Å². The summed E-state index contributed by atoms with van der Waals surface area (Å²) in [5.41, 5.74) is 1.75. The molecule has 0 fully saturated rings. The van der Waals surface area contributed by atoms with Crippen molar-refractivity contribution in [1.82, 2.24) is 15.5 Å². The zero-order chi connectivity index (χ0) is 16.0. The van der Waals surface area contributed by atoms with E-state index in [1.165, 1.54) is 0 Å². The summed E-state index contributed by atoms with van der Waals surface area (Å²) in [5.74, 6) is -1.49. The van der Waals surface area contributed by atoms with Gasteiger partial charge in [0.1, 0.15) is 0 Å². The second kappa shape index (κ2) is 7.71. The average molecular weight is 293 g/mol. The van der Waals surface area contributed by atoms with Gasteiger partial charge in [-0.1, -0.05) is 20.8 Å². The minimum Gasteiger partial charge on any atom is -0.481 e. The molecular weight excluding hydrogens is 270 g/mol. The Balaban J connectivity index is 2.76. The first-order valence-electron chi connectivity index (χ1n) is 7.19. The Morgan fingerprint density at radius 1 is 1.33 bits per heavy atom. The molecule has 1 aromatic heterocycles. The lowest BCUT2D eigenvalue weighted by molar-refractivity contribution is -0.142. The highest BCUT2D eigenvalue weighted by Crippen LogP contribution is 2.12. The van der Waals surface area contributed by atoms with Crippen molar-refractivity contribution in [1.29, 1.82) is 0 Å². The van der Waals surface area contributed by atoms with Crippen LogP contribution < -0.4 is 5.32 Å². The quantitative estimate of drug-likeness (QED) is 0.800. The van der Waals surface area contributed by atoms with E-state index in [1.807, 2.05) is 20.8 Å². The molecule has 0 aliphatic rings. The van der Waals surface area contributed by atoms with E-state index in [0.29, 0.717) is 29.8 Å². The predicted molar refractivity (Wildman–Crippen MR) is 79.1 cm³/mol. The van der Waals surface area contributed by atoms with Crippen molar-refractivity contribution in [3.05, 3.63) is 23.0 Å². The van der Waals surface area contributed by atoms with Gasteiger partial charge in [-0.25, -0.2) is 0 Å². The van der Waals surface area contributed by atoms with Crippen LogP contribution in [0.1, 0.15) is 48.9 Å². The van der Waals surface area contributed by atoms with Crippen LogP contribution >= 0.6 is 0 Å². The van der Waals surface area contributed by atoms with Crippen LogP contribution in [0.3, 0.4) is 0 Å². The molecule has 0 saturated carbocycles. The molecule has 1 heterocycles. The number of nitrogens with zero attached hydrogens (tertiary/aromatic N) is 2. The van der Waals surface area contributed by atoms with Gasteiger partial charge in [-0.3, -0.25) is 9.59 Å². The molecule has 6 nitrogen and oxygen atoms in total. The third-order valence-corrected chi connectivity index (χ3v) is 3.19. The number of carboxylic acid groups (broad SMARTS) is 1. The van der Waals surface area contributed by atoms with Gasteiger partial charge >= 0.3 is 5.97 Å². The molecular formula is C15H23N3O3. The van der Waals surface area contributed by atoms with Gasteiger partial charge < -0.3 is 10.4 Å². The van der Waals surface area contributed by atoms with E-state index < -0.39 is 11.9 Å². The Hall–Kier alpha value is -1.98. The summed E-state index contributed by atoms with van der Waals surface area (Å²) in [6.45, 7) is 7.71. The minimum absolute atomic E-state index is 0.122. The molecule has 2 N–H and O–H groups in total. The van der Waals surface area contributed by atoms with Gasteiger partial charge in [-0.05, 0) is 31.7 Å². The molecule has 116 valence electrons. The maximum atomic E-state index is 12.2. The van der Waals surface area contributed by atoms with Crippen LogP contribution in [0.25, 0.3) is 0 Å². The van der Waals surface area contributed by atoms with Crippen LogP contribution in [0.15, 0.2) is 6.07 Å². The van der Waals surface area contributed by atoms with Gasteiger partial charge in [0.15, 0.2) is 0 Å². The summed E-state index contributed by atoms with van der Waals surface area (Å²) in [7, 11) is 0. The summed E-state index contributed by atoms with van der Waals surface area (Å²) in [4.78, 5) is 23.4. The molecule has 1 aromatic rings. The largest absolute Gasteiger partial charge is 0.481 e. The number of hydrogen-bond acceptors (Lipinski definition) is 4. The van der Waals surface area contributed by atoms with Gasteiger partial charge in [0.25, 0.3) is 5.91 Å². The summed E-state index contributed by atoms with van der Waals surface area (Å²) in [5, 5.41) is 19.8. The fraction of sp³-hybridized carbons (Fsp3) is 0.600. The van der Waals surface area contributed by atoms with Crippen LogP contribution in [0.2, 0.25) is 0 Å². The number of carbonyl (C=O) groups is 2. The van der Waals surface area contributed by atoms with Gasteiger partial charge in [-0.2, -0.15) is 10.2 Å². The fourth-order valence-corrected chi connectivity index (χ4v) is 2.12. The Morgan fingerprint density at radius 2 is 2.00 bits per heavy atom. The van der Waals surface area contributed by atoms with E-state index >= 15 is 0 Å². The molecule has 0 aromatic carbocycles. The number of aryl methyl sites for hydroxylation is 2. The molecule has 0 bridgehead atoms. The van der Waals surface area contributed by atoms with Crippen molar-refractivity contribution in [2.24, 2.45) is 11.8 Å². The van der Waals surface area contributed by atoms with Crippen LogP contribution in [0.5, 0.6) is 0 Å². The van der Waals surface area contributed by atoms with Crippen LogP contribution in [0, 0.1) is 18.8 Å². The molecule has 0 aliphatic carbocycles. The van der Waals surface area contributed by atoms with Crippen molar-refractivity contribution in [3.8, 4) is 0 Å². The number of aromatic nitrogens is 2. The maximum Gasteiger partial charge on any atom is 0.308 e. The van der Waals surface area contributed by atoms with E-state index in [-0.39, 0.29) is 18.4 Å². The number of carboxylic acids is 1. The molecule has 0 spiro atoms. The first-order chi connectivity index (χ1) is 9.85. The van der Waals surface area contributed by atoms with Crippen molar-refractivity contribution in [2.75, 3.05) is 6.54 Å². The second-order valence-corrected chi connectivity index (χ2v) is 5.57. The number of carbonyl (C=O) groups excluding carboxylic acids is 1. The summed E-state index contributed by atoms with van der Waals surface area (Å²) in [6, 6.07) is 1.68. The first kappa shape index (κ1) is 17.1. The molecule has 1 amide bonds. The van der Waals surface area contributed by atoms with E-state index in [4.69, 9.17) is 0 Å². The lowest BCUT2D eigenvalue weighted by Gasteiger charge is -2.16. The summed E-state index contributed by atoms with van der Waals surface area (Å²) < 4.78 is 0. The molecule has 1 rings (SSSR count). The predicted octanol–water partition coefficient (Wildman–Crippen LogP) is 1.82. The number of aliphatic carboxylic acids is 1. The second-order valence-electron chi connectivity index (χ2n) is 5.57. The monoisotopic (exact) mass is 293 g/mol. The lowest BCUT2D eigenvalue weighted by atomic mass is 9.97. The van der Waals surface area contributed by atoms with Crippen molar-refractivity contribution in [3.63, 3.8) is 0 Å². The van der Waals surface area contributed by atoms with Crippen LogP contribution in [-0.4, -0.2) is 33.7 Å². The molecule has 0 aliphatic heterocycles. The van der Waals surface area contributed by atoms with Gasteiger partial charge in [0.05, 0.1) is 22.9 Å². The third kappa shape index (κ3) is 5.13. The molecule has 6 heteroatoms. The van der Waals surface area contributed by atoms with Crippen LogP contribution in [0.4, 0.5) is 0 Å². The SMILES string of the molecule is CCc1nnc(C)cc1C(=O)NCC(CC(C)C)C(=O)O. The number of nitrogens with one attached hydrogen (secondary N) is 1. The van der Waals surface area contributed by atoms with E-state index in [2.05, 4.69) is 15.5 Å². The Labute approximate surface area is 125 Å². The lowest BCUT2D eigenvalue weighted by Crippen LogP contribution is -2.34. The highest BCUT2D eigenvalue weighted by molar-refractivity contribution is 5.95. The fourth-order valence-electron chi connectivity index (χ4n) is 2.12. The third-order valence-electron chi connectivity index (χ3n) is 3.19. The van der Waals surface area contributed by atoms with E-state index in [9.17, 15) is 14.7 Å². The first-order valence-corrected chi connectivity index (χ1v) is 7.19. The zero-order valence-electron chi connectivity index (χ0n) is 13.0. The standard InChI is InChI=1S/C15H23N3O3/c1-5-13-12(7-10(4)17-18-13)14(19)16-8-11(15(20)21)6-9(2)3/h7,9,11H,5-6,8H2,1-4H3,(H,16,19)(H,20,21). The summed E-state index contributed by atoms with van der Waals surface area (Å²) >= 11 is 0. The molecule has 0 radical (unpaired) electrons.